The molecule has 160 valence electrons. The Balaban J connectivity index is 1.62. The number of nitrogens with one attached hydrogen (secondary N) is 1. The molecule has 1 aromatic heterocycles. The highest BCUT2D eigenvalue weighted by molar-refractivity contribution is 7.07. The molecule has 1 aliphatic rings. The van der Waals surface area contributed by atoms with Crippen LogP contribution < -0.4 is 14.9 Å². The van der Waals surface area contributed by atoms with E-state index in [1.807, 2.05) is 66.7 Å². The third-order valence-corrected chi connectivity index (χ3v) is 6.34. The van der Waals surface area contributed by atoms with Gasteiger partial charge in [0.2, 0.25) is 0 Å². The van der Waals surface area contributed by atoms with Gasteiger partial charge in [0.05, 0.1) is 23.6 Å². The normalized spacial score (nSPS) is 13.4. The number of amides is 1. The molecule has 0 saturated carbocycles. The highest BCUT2D eigenvalue weighted by Crippen LogP contribution is 2.33. The van der Waals surface area contributed by atoms with Crippen molar-refractivity contribution in [1.82, 2.24) is 4.57 Å². The number of nitrogens with zero attached hydrogens (tertiary/aromatic N) is 2. The van der Waals surface area contributed by atoms with Crippen LogP contribution in [0.25, 0.3) is 11.3 Å². The van der Waals surface area contributed by atoms with Gasteiger partial charge in [0.25, 0.3) is 5.91 Å². The summed E-state index contributed by atoms with van der Waals surface area (Å²) >= 11 is 13.8. The van der Waals surface area contributed by atoms with E-state index in [1.54, 1.807) is 11.3 Å². The Labute approximate surface area is 198 Å². The summed E-state index contributed by atoms with van der Waals surface area (Å²) in [6, 6.07) is 21.0. The van der Waals surface area contributed by atoms with Gasteiger partial charge in [0.15, 0.2) is 11.4 Å². The zero-order valence-corrected chi connectivity index (χ0v) is 19.0. The van der Waals surface area contributed by atoms with Crippen molar-refractivity contribution in [3.05, 3.63) is 92.5 Å². The number of ether oxygens (including phenoxy) is 1. The lowest BCUT2D eigenvalue weighted by atomic mass is 10.1. The van der Waals surface area contributed by atoms with Crippen LogP contribution in [0.2, 0.25) is 10.0 Å². The number of thiazole rings is 1. The Bertz CT molecular complexity index is 1380. The molecule has 0 aliphatic carbocycles. The molecule has 0 atom stereocenters. The summed E-state index contributed by atoms with van der Waals surface area (Å²) in [7, 11) is 0. The summed E-state index contributed by atoms with van der Waals surface area (Å²) in [5.74, 6) is 0.502. The van der Waals surface area contributed by atoms with Crippen molar-refractivity contribution in [3.63, 3.8) is 0 Å². The fraction of sp³-hybridized carbons (Fsp3) is 0.0833. The molecule has 4 aromatic rings. The summed E-state index contributed by atoms with van der Waals surface area (Å²) < 4.78 is 7.64. The van der Waals surface area contributed by atoms with Gasteiger partial charge in [0, 0.05) is 21.0 Å². The maximum Gasteiger partial charge on any atom is 0.262 e. The number of hydrogen-bond donors (Lipinski definition) is 1. The zero-order chi connectivity index (χ0) is 22.1. The summed E-state index contributed by atoms with van der Waals surface area (Å²) in [6.45, 7) is 0.638. The van der Waals surface area contributed by atoms with Gasteiger partial charge >= 0.3 is 0 Å². The minimum Gasteiger partial charge on any atom is -0.482 e. The van der Waals surface area contributed by atoms with Crippen LogP contribution in [-0.4, -0.2) is 17.1 Å². The second-order valence-corrected chi connectivity index (χ2v) is 8.97. The molecule has 8 heteroatoms. The van der Waals surface area contributed by atoms with Gasteiger partial charge in [-0.3, -0.25) is 4.79 Å². The summed E-state index contributed by atoms with van der Waals surface area (Å²) in [5, 5.41) is 6.27. The third-order valence-electron chi connectivity index (χ3n) is 4.99. The Kier molecular flexibility index (Phi) is 5.74. The average molecular weight is 482 g/mol. The molecule has 0 bridgehead atoms. The zero-order valence-electron chi connectivity index (χ0n) is 16.7. The number of fused-ring (bicyclic) bond motifs is 1. The van der Waals surface area contributed by atoms with Gasteiger partial charge in [0.1, 0.15) is 5.75 Å². The predicted octanol–water partition coefficient (Wildman–Crippen LogP) is 6.14. The maximum atomic E-state index is 11.8. The lowest BCUT2D eigenvalue weighted by molar-refractivity contribution is -0.118. The van der Waals surface area contributed by atoms with E-state index in [1.165, 1.54) is 0 Å². The number of rotatable bonds is 4. The molecular formula is C24H17Cl2N3O2S. The van der Waals surface area contributed by atoms with Crippen LogP contribution in [0.4, 0.5) is 11.4 Å². The number of carbonyl (C=O) groups is 1. The molecule has 3 aromatic carbocycles. The van der Waals surface area contributed by atoms with E-state index in [0.717, 1.165) is 27.3 Å². The van der Waals surface area contributed by atoms with Crippen molar-refractivity contribution < 1.29 is 9.53 Å². The van der Waals surface area contributed by atoms with Crippen LogP contribution in [0.5, 0.6) is 5.75 Å². The minimum absolute atomic E-state index is 0.0318. The molecule has 0 saturated heterocycles. The Morgan fingerprint density at radius 2 is 1.88 bits per heavy atom. The van der Waals surface area contributed by atoms with E-state index < -0.39 is 0 Å². The Morgan fingerprint density at radius 3 is 2.69 bits per heavy atom. The van der Waals surface area contributed by atoms with Gasteiger partial charge in [-0.15, -0.1) is 11.3 Å². The molecule has 1 aliphatic heterocycles. The average Bonchev–Trinajstić information content (AvgIpc) is 3.16. The molecule has 32 heavy (non-hydrogen) atoms. The molecule has 1 amide bonds. The minimum atomic E-state index is -0.161. The van der Waals surface area contributed by atoms with Gasteiger partial charge in [-0.2, -0.15) is 0 Å². The van der Waals surface area contributed by atoms with E-state index in [0.29, 0.717) is 28.0 Å². The van der Waals surface area contributed by atoms with Crippen molar-refractivity contribution in [2.45, 2.75) is 6.54 Å². The van der Waals surface area contributed by atoms with Crippen LogP contribution in [-0.2, 0) is 11.3 Å². The fourth-order valence-corrected chi connectivity index (χ4v) is 4.71. The van der Waals surface area contributed by atoms with E-state index in [9.17, 15) is 4.79 Å². The van der Waals surface area contributed by atoms with E-state index in [2.05, 4.69) is 15.3 Å². The van der Waals surface area contributed by atoms with Gasteiger partial charge < -0.3 is 14.6 Å². The van der Waals surface area contributed by atoms with Crippen LogP contribution in [0.1, 0.15) is 5.56 Å². The first-order chi connectivity index (χ1) is 15.5. The molecule has 5 rings (SSSR count). The molecular weight excluding hydrogens is 465 g/mol. The maximum absolute atomic E-state index is 11.8. The quantitative estimate of drug-likeness (QED) is 0.380. The van der Waals surface area contributed by atoms with Crippen molar-refractivity contribution in [3.8, 4) is 17.0 Å². The lowest BCUT2D eigenvalue weighted by Gasteiger charge is -2.19. The molecule has 1 N–H and O–H groups in total. The third kappa shape index (κ3) is 4.43. The monoisotopic (exact) mass is 481 g/mol. The van der Waals surface area contributed by atoms with Gasteiger partial charge in [-0.05, 0) is 54.1 Å². The highest BCUT2D eigenvalue weighted by Gasteiger charge is 2.18. The Morgan fingerprint density at radius 1 is 1.03 bits per heavy atom. The van der Waals surface area contributed by atoms with Crippen molar-refractivity contribution in [1.29, 1.82) is 0 Å². The standard InChI is InChI=1S/C24H17Cl2N3O2S/c25-17-7-4-15(5-8-17)12-29-21(14-32-24(29)27-19-3-1-2-18(26)11-19)16-6-9-22-20(10-16)28-23(30)13-31-22/h1-11,14H,12-13H2,(H,28,30). The molecule has 0 radical (unpaired) electrons. The summed E-state index contributed by atoms with van der Waals surface area (Å²) in [6.07, 6.45) is 0. The first-order valence-corrected chi connectivity index (χ1v) is 11.5. The molecule has 0 spiro atoms. The summed E-state index contributed by atoms with van der Waals surface area (Å²) in [4.78, 5) is 17.4. The highest BCUT2D eigenvalue weighted by atomic mass is 35.5. The van der Waals surface area contributed by atoms with Crippen LogP contribution in [0, 0.1) is 0 Å². The Hall–Kier alpha value is -3.06. The second kappa shape index (κ2) is 8.82. The molecule has 0 fully saturated rings. The van der Waals surface area contributed by atoms with E-state index in [-0.39, 0.29) is 12.5 Å². The number of hydrogen-bond acceptors (Lipinski definition) is 4. The first-order valence-electron chi connectivity index (χ1n) is 9.85. The number of carbonyl (C=O) groups excluding carboxylic acids is 1. The number of aromatic nitrogens is 1. The smallest absolute Gasteiger partial charge is 0.262 e. The number of benzene rings is 3. The fourth-order valence-electron chi connectivity index (χ4n) is 3.47. The van der Waals surface area contributed by atoms with E-state index >= 15 is 0 Å². The predicted molar refractivity (Wildman–Crippen MR) is 129 cm³/mol. The van der Waals surface area contributed by atoms with E-state index in [4.69, 9.17) is 32.9 Å². The van der Waals surface area contributed by atoms with Crippen molar-refractivity contribution in [2.75, 3.05) is 11.9 Å². The topological polar surface area (TPSA) is 55.6 Å². The van der Waals surface area contributed by atoms with Crippen molar-refractivity contribution >= 4 is 51.8 Å². The lowest BCUT2D eigenvalue weighted by Crippen LogP contribution is -2.25. The SMILES string of the molecule is O=C1COc2ccc(-c3csc(=Nc4cccc(Cl)c4)n3Cc3ccc(Cl)cc3)cc2N1. The summed E-state index contributed by atoms with van der Waals surface area (Å²) in [5.41, 5.74) is 4.47. The van der Waals surface area contributed by atoms with Crippen LogP contribution in [0.3, 0.4) is 0 Å². The molecule has 0 unspecified atom stereocenters. The van der Waals surface area contributed by atoms with Gasteiger partial charge in [-0.1, -0.05) is 41.4 Å². The number of anilines is 1. The molecule has 5 nitrogen and oxygen atoms in total. The van der Waals surface area contributed by atoms with Gasteiger partial charge in [-0.25, -0.2) is 4.99 Å². The van der Waals surface area contributed by atoms with Crippen LogP contribution in [0.15, 0.2) is 77.1 Å². The number of halogens is 2. The second-order valence-electron chi connectivity index (χ2n) is 7.26. The van der Waals surface area contributed by atoms with Crippen LogP contribution >= 0.6 is 34.5 Å². The first kappa shape index (κ1) is 20.8. The van der Waals surface area contributed by atoms with Crippen molar-refractivity contribution in [2.24, 2.45) is 4.99 Å². The molecule has 2 heterocycles. The largest absolute Gasteiger partial charge is 0.482 e.